The molecule has 1 unspecified atom stereocenters. The number of nitrogens with zero attached hydrogens (tertiary/aromatic N) is 1. The van der Waals surface area contributed by atoms with Gasteiger partial charge in [-0.15, -0.1) is 0 Å². The van der Waals surface area contributed by atoms with Crippen LogP contribution in [0.25, 0.3) is 0 Å². The molecule has 2 aromatic rings. The molecular formula is C19H21NO3S. The highest BCUT2D eigenvalue weighted by Gasteiger charge is 2.35. The zero-order valence-electron chi connectivity index (χ0n) is 13.5. The van der Waals surface area contributed by atoms with Gasteiger partial charge in [0, 0.05) is 13.1 Å². The average molecular weight is 343 g/mol. The van der Waals surface area contributed by atoms with Crippen molar-refractivity contribution in [2.24, 2.45) is 5.92 Å². The lowest BCUT2D eigenvalue weighted by molar-refractivity contribution is -0.136. The summed E-state index contributed by atoms with van der Waals surface area (Å²) in [7, 11) is -3.07. The van der Waals surface area contributed by atoms with Crippen LogP contribution in [0.1, 0.15) is 17.5 Å². The predicted octanol–water partition coefficient (Wildman–Crippen LogP) is 2.65. The van der Waals surface area contributed by atoms with Crippen molar-refractivity contribution in [3.63, 3.8) is 0 Å². The van der Waals surface area contributed by atoms with Gasteiger partial charge in [-0.3, -0.25) is 4.79 Å². The van der Waals surface area contributed by atoms with Gasteiger partial charge in [0.2, 0.25) is 5.91 Å². The van der Waals surface area contributed by atoms with Crippen molar-refractivity contribution in [3.8, 4) is 0 Å². The topological polar surface area (TPSA) is 54.5 Å². The highest BCUT2D eigenvalue weighted by molar-refractivity contribution is 7.91. The van der Waals surface area contributed by atoms with Crippen molar-refractivity contribution < 1.29 is 13.2 Å². The predicted molar refractivity (Wildman–Crippen MR) is 93.9 cm³/mol. The number of benzene rings is 2. The molecule has 0 spiro atoms. The molecule has 126 valence electrons. The van der Waals surface area contributed by atoms with Crippen molar-refractivity contribution >= 4 is 15.7 Å². The molecule has 5 heteroatoms. The van der Waals surface area contributed by atoms with Gasteiger partial charge >= 0.3 is 0 Å². The van der Waals surface area contributed by atoms with Gasteiger partial charge in [0.25, 0.3) is 0 Å². The third-order valence-electron chi connectivity index (χ3n) is 4.33. The minimum atomic E-state index is -3.07. The van der Waals surface area contributed by atoms with Crippen LogP contribution in [-0.4, -0.2) is 30.7 Å². The molecule has 0 saturated carbocycles. The maximum absolute atomic E-state index is 12.9. The molecule has 24 heavy (non-hydrogen) atoms. The van der Waals surface area contributed by atoms with E-state index in [1.54, 1.807) is 4.90 Å². The summed E-state index contributed by atoms with van der Waals surface area (Å²) < 4.78 is 23.4. The summed E-state index contributed by atoms with van der Waals surface area (Å²) in [4.78, 5) is 14.7. The number of sulfone groups is 1. The maximum Gasteiger partial charge on any atom is 0.227 e. The first-order valence-electron chi connectivity index (χ1n) is 8.10. The van der Waals surface area contributed by atoms with E-state index in [1.807, 2.05) is 60.7 Å². The molecule has 1 atom stereocenters. The number of carbonyl (C=O) groups excluding carboxylic acids is 1. The molecule has 2 aromatic carbocycles. The second kappa shape index (κ2) is 7.18. The Balaban J connectivity index is 1.80. The normalized spacial score (nSPS) is 19.1. The Bertz CT molecular complexity index is 746. The maximum atomic E-state index is 12.9. The van der Waals surface area contributed by atoms with Crippen LogP contribution in [0.15, 0.2) is 60.7 Å². The van der Waals surface area contributed by atoms with Crippen LogP contribution in [-0.2, 0) is 27.7 Å². The van der Waals surface area contributed by atoms with E-state index in [1.165, 1.54) is 0 Å². The van der Waals surface area contributed by atoms with Gasteiger partial charge in [-0.25, -0.2) is 8.42 Å². The van der Waals surface area contributed by atoms with Crippen molar-refractivity contribution in [3.05, 3.63) is 71.8 Å². The second-order valence-corrected chi connectivity index (χ2v) is 8.49. The molecule has 1 fully saturated rings. The third-order valence-corrected chi connectivity index (χ3v) is 6.09. The lowest BCUT2D eigenvalue weighted by atomic mass is 10.1. The zero-order valence-corrected chi connectivity index (χ0v) is 14.3. The Kier molecular flexibility index (Phi) is 5.00. The van der Waals surface area contributed by atoms with E-state index in [4.69, 9.17) is 0 Å². The number of amides is 1. The molecule has 4 nitrogen and oxygen atoms in total. The zero-order chi connectivity index (χ0) is 17.0. The molecular weight excluding hydrogens is 322 g/mol. The van der Waals surface area contributed by atoms with E-state index >= 15 is 0 Å². The van der Waals surface area contributed by atoms with E-state index in [-0.39, 0.29) is 17.4 Å². The smallest absolute Gasteiger partial charge is 0.227 e. The van der Waals surface area contributed by atoms with Gasteiger partial charge in [-0.1, -0.05) is 60.7 Å². The summed E-state index contributed by atoms with van der Waals surface area (Å²) in [6.07, 6.45) is 0.432. The average Bonchev–Trinajstić information content (AvgIpc) is 2.95. The molecule has 0 N–H and O–H groups in total. The van der Waals surface area contributed by atoms with Gasteiger partial charge in [-0.2, -0.15) is 0 Å². The summed E-state index contributed by atoms with van der Waals surface area (Å²) >= 11 is 0. The van der Waals surface area contributed by atoms with E-state index in [9.17, 15) is 13.2 Å². The molecule has 0 aromatic heterocycles. The molecule has 1 amide bonds. The lowest BCUT2D eigenvalue weighted by Crippen LogP contribution is -2.35. The summed E-state index contributed by atoms with van der Waals surface area (Å²) in [5.41, 5.74) is 2.09. The summed E-state index contributed by atoms with van der Waals surface area (Å²) in [6, 6.07) is 19.6. The van der Waals surface area contributed by atoms with Crippen molar-refractivity contribution in [1.82, 2.24) is 4.90 Å². The molecule has 1 aliphatic rings. The number of rotatable bonds is 5. The largest absolute Gasteiger partial charge is 0.334 e. The highest BCUT2D eigenvalue weighted by atomic mass is 32.2. The van der Waals surface area contributed by atoms with Crippen molar-refractivity contribution in [1.29, 1.82) is 0 Å². The van der Waals surface area contributed by atoms with Crippen LogP contribution < -0.4 is 0 Å². The first kappa shape index (κ1) is 16.7. The van der Waals surface area contributed by atoms with Crippen molar-refractivity contribution in [2.75, 3.05) is 11.5 Å². The van der Waals surface area contributed by atoms with Crippen LogP contribution in [0.4, 0.5) is 0 Å². The Hall–Kier alpha value is -2.14. The minimum Gasteiger partial charge on any atom is -0.334 e. The Labute approximate surface area is 143 Å². The minimum absolute atomic E-state index is 0.0219. The van der Waals surface area contributed by atoms with E-state index in [2.05, 4.69) is 0 Å². The molecule has 3 rings (SSSR count). The number of hydrogen-bond donors (Lipinski definition) is 0. The highest BCUT2D eigenvalue weighted by Crippen LogP contribution is 2.23. The third kappa shape index (κ3) is 4.23. The standard InChI is InChI=1S/C19H21NO3S/c21-19(18-11-12-24(22,23)15-18)20(13-16-7-3-1-4-8-16)14-17-9-5-2-6-10-17/h1-10,18H,11-15H2. The van der Waals surface area contributed by atoms with Gasteiger partial charge in [0.1, 0.15) is 0 Å². The first-order valence-corrected chi connectivity index (χ1v) is 9.93. The van der Waals surface area contributed by atoms with Crippen LogP contribution >= 0.6 is 0 Å². The molecule has 1 saturated heterocycles. The molecule has 1 aliphatic heterocycles. The first-order chi connectivity index (χ1) is 11.5. The van der Waals surface area contributed by atoms with Crippen LogP contribution in [0.3, 0.4) is 0 Å². The SMILES string of the molecule is O=C(C1CCS(=O)(=O)C1)N(Cc1ccccc1)Cc1ccccc1. The fourth-order valence-electron chi connectivity index (χ4n) is 3.07. The summed E-state index contributed by atoms with van der Waals surface area (Å²) in [5, 5.41) is 0. The van der Waals surface area contributed by atoms with Crippen molar-refractivity contribution in [2.45, 2.75) is 19.5 Å². The van der Waals surface area contributed by atoms with Gasteiger partial charge in [0.15, 0.2) is 9.84 Å². The molecule has 0 radical (unpaired) electrons. The van der Waals surface area contributed by atoms with E-state index in [0.717, 1.165) is 11.1 Å². The van der Waals surface area contributed by atoms with Crippen LogP contribution in [0.2, 0.25) is 0 Å². The Morgan fingerprint density at radius 1 is 0.917 bits per heavy atom. The van der Waals surface area contributed by atoms with Gasteiger partial charge in [-0.05, 0) is 17.5 Å². The summed E-state index contributed by atoms with van der Waals surface area (Å²) in [6.45, 7) is 0.982. The number of hydrogen-bond acceptors (Lipinski definition) is 3. The monoisotopic (exact) mass is 343 g/mol. The Morgan fingerprint density at radius 2 is 1.42 bits per heavy atom. The van der Waals surface area contributed by atoms with Crippen LogP contribution in [0.5, 0.6) is 0 Å². The Morgan fingerprint density at radius 3 is 1.83 bits per heavy atom. The molecule has 0 bridgehead atoms. The molecule has 1 heterocycles. The molecule has 0 aliphatic carbocycles. The quantitative estimate of drug-likeness (QED) is 0.839. The van der Waals surface area contributed by atoms with Gasteiger partial charge in [0.05, 0.1) is 17.4 Å². The fraction of sp³-hybridized carbons (Fsp3) is 0.316. The van der Waals surface area contributed by atoms with E-state index < -0.39 is 15.8 Å². The fourth-order valence-corrected chi connectivity index (χ4v) is 4.80. The summed E-state index contributed by atoms with van der Waals surface area (Å²) in [5.74, 6) is -0.383. The van der Waals surface area contributed by atoms with E-state index in [0.29, 0.717) is 19.5 Å². The number of carbonyl (C=O) groups is 1. The lowest BCUT2D eigenvalue weighted by Gasteiger charge is -2.25. The second-order valence-electron chi connectivity index (χ2n) is 6.27. The van der Waals surface area contributed by atoms with Gasteiger partial charge < -0.3 is 4.90 Å². The van der Waals surface area contributed by atoms with Crippen LogP contribution in [0, 0.1) is 5.92 Å².